The first-order chi connectivity index (χ1) is 16.1. The lowest BCUT2D eigenvalue weighted by Crippen LogP contribution is -2.48. The highest BCUT2D eigenvalue weighted by Gasteiger charge is 2.38. The highest BCUT2D eigenvalue weighted by atomic mass is 19.4. The van der Waals surface area contributed by atoms with Gasteiger partial charge in [-0.05, 0) is 48.7 Å². The number of imidazole rings is 1. The Morgan fingerprint density at radius 2 is 1.88 bits per heavy atom. The summed E-state index contributed by atoms with van der Waals surface area (Å²) in [6.45, 7) is 4.08. The van der Waals surface area contributed by atoms with Gasteiger partial charge in [0.1, 0.15) is 17.2 Å². The van der Waals surface area contributed by atoms with Crippen LogP contribution in [-0.4, -0.2) is 45.6 Å². The molecule has 34 heavy (non-hydrogen) atoms. The lowest BCUT2D eigenvalue weighted by molar-refractivity contribution is -0.140. The summed E-state index contributed by atoms with van der Waals surface area (Å²) in [6.07, 6.45) is -4.70. The van der Waals surface area contributed by atoms with E-state index in [0.29, 0.717) is 35.3 Å². The molecule has 2 N–H and O–H groups in total. The predicted octanol–water partition coefficient (Wildman–Crippen LogP) is 4.36. The third-order valence-corrected chi connectivity index (χ3v) is 6.12. The summed E-state index contributed by atoms with van der Waals surface area (Å²) in [6, 6.07) is 12.5. The Labute approximate surface area is 194 Å². The van der Waals surface area contributed by atoms with E-state index in [0.717, 1.165) is 5.56 Å². The zero-order valence-corrected chi connectivity index (χ0v) is 18.7. The number of aromatic nitrogens is 2. The van der Waals surface area contributed by atoms with E-state index in [9.17, 15) is 18.0 Å². The standard InChI is InChI=1S/C25H23F3N4O2/c1-14-9-15(2)20(10-19(14)22-23(25(26,27)28)31-21(30-22)7-8-33)24(34)32-12-18(13-32)17-5-3-16(11-29)4-6-17/h3-6,9-10,18,33H,7-8,12-13H2,1-2H3,(H,30,31). The minimum Gasteiger partial charge on any atom is -0.396 e. The Balaban J connectivity index is 1.62. The van der Waals surface area contributed by atoms with E-state index in [1.807, 2.05) is 12.1 Å². The molecule has 0 aliphatic carbocycles. The molecule has 2 aromatic carbocycles. The average molecular weight is 468 g/mol. The zero-order chi connectivity index (χ0) is 24.6. The van der Waals surface area contributed by atoms with Crippen LogP contribution in [0.1, 0.15) is 50.0 Å². The minimum absolute atomic E-state index is 0.0330. The van der Waals surface area contributed by atoms with Gasteiger partial charge in [0.2, 0.25) is 0 Å². The SMILES string of the molecule is Cc1cc(C)c(-c2nc(CCO)[nH]c2C(F)(F)F)cc1C(=O)N1CC(c2ccc(C#N)cc2)C1. The van der Waals surface area contributed by atoms with Gasteiger partial charge in [-0.25, -0.2) is 4.98 Å². The Morgan fingerprint density at radius 3 is 2.47 bits per heavy atom. The second kappa shape index (κ2) is 8.95. The average Bonchev–Trinajstić information content (AvgIpc) is 3.17. The number of aryl methyl sites for hydroxylation is 2. The van der Waals surface area contributed by atoms with Crippen LogP contribution in [-0.2, 0) is 12.6 Å². The van der Waals surface area contributed by atoms with Gasteiger partial charge in [0.05, 0.1) is 18.2 Å². The number of likely N-dealkylation sites (tertiary alicyclic amines) is 1. The van der Waals surface area contributed by atoms with Crippen molar-refractivity contribution in [3.8, 4) is 17.3 Å². The predicted molar refractivity (Wildman–Crippen MR) is 119 cm³/mol. The summed E-state index contributed by atoms with van der Waals surface area (Å²) < 4.78 is 41.0. The van der Waals surface area contributed by atoms with Crippen LogP contribution in [0.5, 0.6) is 0 Å². The molecule has 4 rings (SSSR count). The molecular weight excluding hydrogens is 445 g/mol. The Bertz CT molecular complexity index is 1270. The largest absolute Gasteiger partial charge is 0.433 e. The molecule has 0 atom stereocenters. The van der Waals surface area contributed by atoms with Crippen molar-refractivity contribution in [3.63, 3.8) is 0 Å². The summed E-state index contributed by atoms with van der Waals surface area (Å²) in [7, 11) is 0. The molecule has 1 amide bonds. The summed E-state index contributed by atoms with van der Waals surface area (Å²) in [5.41, 5.74) is 2.13. The van der Waals surface area contributed by atoms with Crippen molar-refractivity contribution in [3.05, 3.63) is 75.7 Å². The number of halogens is 3. The van der Waals surface area contributed by atoms with Crippen molar-refractivity contribution in [2.24, 2.45) is 0 Å². The van der Waals surface area contributed by atoms with Crippen molar-refractivity contribution in [1.82, 2.24) is 14.9 Å². The maximum Gasteiger partial charge on any atom is 0.433 e. The van der Waals surface area contributed by atoms with Crippen LogP contribution < -0.4 is 0 Å². The number of aliphatic hydroxyl groups is 1. The fraction of sp³-hybridized carbons (Fsp3) is 0.320. The highest BCUT2D eigenvalue weighted by Crippen LogP contribution is 2.38. The first kappa shape index (κ1) is 23.5. The molecule has 6 nitrogen and oxygen atoms in total. The van der Waals surface area contributed by atoms with Crippen LogP contribution in [0, 0.1) is 25.2 Å². The smallest absolute Gasteiger partial charge is 0.396 e. The lowest BCUT2D eigenvalue weighted by Gasteiger charge is -2.40. The van der Waals surface area contributed by atoms with Crippen LogP contribution in [0.4, 0.5) is 13.2 Å². The number of alkyl halides is 3. The summed E-state index contributed by atoms with van der Waals surface area (Å²) in [5.74, 6) is -0.0693. The molecule has 0 saturated carbocycles. The molecular formula is C25H23F3N4O2. The topological polar surface area (TPSA) is 93.0 Å². The van der Waals surface area contributed by atoms with Crippen LogP contribution in [0.3, 0.4) is 0 Å². The zero-order valence-electron chi connectivity index (χ0n) is 18.7. The first-order valence-electron chi connectivity index (χ1n) is 10.8. The second-order valence-corrected chi connectivity index (χ2v) is 8.50. The van der Waals surface area contributed by atoms with Crippen LogP contribution in [0.2, 0.25) is 0 Å². The molecule has 2 heterocycles. The van der Waals surface area contributed by atoms with Crippen LogP contribution >= 0.6 is 0 Å². The number of hydrogen-bond acceptors (Lipinski definition) is 4. The van der Waals surface area contributed by atoms with E-state index in [-0.39, 0.29) is 41.9 Å². The number of nitrogens with zero attached hydrogens (tertiary/aromatic N) is 3. The summed E-state index contributed by atoms with van der Waals surface area (Å²) in [4.78, 5) is 21.2. The summed E-state index contributed by atoms with van der Waals surface area (Å²) in [5, 5.41) is 18.1. The molecule has 1 fully saturated rings. The normalized spacial score (nSPS) is 14.1. The molecule has 0 spiro atoms. The van der Waals surface area contributed by atoms with E-state index >= 15 is 0 Å². The van der Waals surface area contributed by atoms with Crippen molar-refractivity contribution in [2.45, 2.75) is 32.4 Å². The van der Waals surface area contributed by atoms with Gasteiger partial charge in [-0.2, -0.15) is 18.4 Å². The molecule has 0 radical (unpaired) electrons. The third-order valence-electron chi connectivity index (χ3n) is 6.12. The van der Waals surface area contributed by atoms with Gasteiger partial charge < -0.3 is 15.0 Å². The van der Waals surface area contributed by atoms with E-state index < -0.39 is 11.9 Å². The number of carbonyl (C=O) groups is 1. The number of nitriles is 1. The minimum atomic E-state index is -4.66. The van der Waals surface area contributed by atoms with E-state index in [4.69, 9.17) is 10.4 Å². The number of aliphatic hydroxyl groups excluding tert-OH is 1. The second-order valence-electron chi connectivity index (χ2n) is 8.50. The molecule has 3 aromatic rings. The van der Waals surface area contributed by atoms with Gasteiger partial charge >= 0.3 is 6.18 Å². The van der Waals surface area contributed by atoms with Gasteiger partial charge in [0.25, 0.3) is 5.91 Å². The molecule has 9 heteroatoms. The van der Waals surface area contributed by atoms with E-state index in [1.54, 1.807) is 36.9 Å². The van der Waals surface area contributed by atoms with E-state index in [1.165, 1.54) is 6.07 Å². The highest BCUT2D eigenvalue weighted by molar-refractivity contribution is 5.98. The molecule has 0 bridgehead atoms. The number of amides is 1. The Kier molecular flexibility index (Phi) is 6.19. The Hall–Kier alpha value is -3.64. The molecule has 1 aliphatic rings. The number of H-pyrrole nitrogens is 1. The third kappa shape index (κ3) is 4.41. The van der Waals surface area contributed by atoms with E-state index in [2.05, 4.69) is 16.0 Å². The maximum atomic E-state index is 13.7. The monoisotopic (exact) mass is 468 g/mol. The number of nitrogens with one attached hydrogen (secondary N) is 1. The van der Waals surface area contributed by atoms with Gasteiger partial charge in [-0.1, -0.05) is 18.2 Å². The maximum absolute atomic E-state index is 13.7. The fourth-order valence-corrected chi connectivity index (χ4v) is 4.24. The van der Waals surface area contributed by atoms with Crippen LogP contribution in [0.15, 0.2) is 36.4 Å². The van der Waals surface area contributed by atoms with Gasteiger partial charge in [-0.15, -0.1) is 0 Å². The van der Waals surface area contributed by atoms with Crippen molar-refractivity contribution >= 4 is 5.91 Å². The molecule has 176 valence electrons. The Morgan fingerprint density at radius 1 is 1.21 bits per heavy atom. The molecule has 1 saturated heterocycles. The quantitative estimate of drug-likeness (QED) is 0.582. The lowest BCUT2D eigenvalue weighted by atomic mass is 9.89. The number of carbonyl (C=O) groups excluding carboxylic acids is 1. The molecule has 0 unspecified atom stereocenters. The fourth-order valence-electron chi connectivity index (χ4n) is 4.24. The number of hydrogen-bond donors (Lipinski definition) is 2. The number of rotatable bonds is 5. The summed E-state index contributed by atoms with van der Waals surface area (Å²) >= 11 is 0. The van der Waals surface area contributed by atoms with Crippen LogP contribution in [0.25, 0.3) is 11.3 Å². The van der Waals surface area contributed by atoms with Gasteiger partial charge in [0, 0.05) is 36.6 Å². The first-order valence-corrected chi connectivity index (χ1v) is 10.8. The van der Waals surface area contributed by atoms with Gasteiger partial charge in [-0.3, -0.25) is 4.79 Å². The number of aromatic amines is 1. The molecule has 1 aromatic heterocycles. The van der Waals surface area contributed by atoms with Crippen molar-refractivity contribution in [2.75, 3.05) is 19.7 Å². The van der Waals surface area contributed by atoms with Crippen molar-refractivity contribution < 1.29 is 23.1 Å². The van der Waals surface area contributed by atoms with Crippen molar-refractivity contribution in [1.29, 1.82) is 5.26 Å². The molecule has 1 aliphatic heterocycles. The number of benzene rings is 2. The van der Waals surface area contributed by atoms with Gasteiger partial charge in [0.15, 0.2) is 0 Å².